The SMILES string of the molecule is CCOC(=O)Cn1nnnc1[C@@H](C(C)C)N(CCO)Cc1cc2c(C)cc(C)cc2[nH]c1=O. The second-order valence-electron chi connectivity index (χ2n) is 8.55. The molecule has 3 aromatic rings. The number of aliphatic hydroxyl groups excluding tert-OH is 1. The van der Waals surface area contributed by atoms with E-state index in [9.17, 15) is 14.7 Å². The monoisotopic (exact) mass is 456 g/mol. The fourth-order valence-electron chi connectivity index (χ4n) is 4.25. The molecule has 0 aliphatic carbocycles. The smallest absolute Gasteiger partial charge is 0.327 e. The summed E-state index contributed by atoms with van der Waals surface area (Å²) in [6.45, 7) is 10.4. The highest BCUT2D eigenvalue weighted by molar-refractivity contribution is 5.83. The molecule has 3 rings (SSSR count). The third-order valence-electron chi connectivity index (χ3n) is 5.58. The van der Waals surface area contributed by atoms with Gasteiger partial charge >= 0.3 is 5.97 Å². The van der Waals surface area contributed by atoms with E-state index >= 15 is 0 Å². The van der Waals surface area contributed by atoms with Gasteiger partial charge in [0.2, 0.25) is 0 Å². The van der Waals surface area contributed by atoms with Gasteiger partial charge in [-0.1, -0.05) is 19.9 Å². The molecule has 0 bridgehead atoms. The van der Waals surface area contributed by atoms with Crippen LogP contribution in [0.4, 0.5) is 0 Å². The molecule has 33 heavy (non-hydrogen) atoms. The van der Waals surface area contributed by atoms with E-state index in [1.165, 1.54) is 4.68 Å². The van der Waals surface area contributed by atoms with Crippen molar-refractivity contribution in [3.63, 3.8) is 0 Å². The zero-order valence-corrected chi connectivity index (χ0v) is 19.8. The van der Waals surface area contributed by atoms with Gasteiger partial charge in [0.1, 0.15) is 6.54 Å². The summed E-state index contributed by atoms with van der Waals surface area (Å²) in [6, 6.07) is 5.61. The number of aryl methyl sites for hydroxylation is 2. The number of nitrogens with one attached hydrogen (secondary N) is 1. The molecule has 2 aromatic heterocycles. The number of H-pyrrole nitrogens is 1. The molecule has 0 unspecified atom stereocenters. The lowest BCUT2D eigenvalue weighted by Crippen LogP contribution is -2.37. The van der Waals surface area contributed by atoms with E-state index in [4.69, 9.17) is 4.74 Å². The fraction of sp³-hybridized carbons (Fsp3) is 0.522. The molecule has 0 aliphatic rings. The van der Waals surface area contributed by atoms with Crippen molar-refractivity contribution in [1.82, 2.24) is 30.1 Å². The molecule has 0 aliphatic heterocycles. The predicted octanol–water partition coefficient (Wildman–Crippen LogP) is 1.89. The Morgan fingerprint density at radius 1 is 1.27 bits per heavy atom. The van der Waals surface area contributed by atoms with E-state index < -0.39 is 5.97 Å². The van der Waals surface area contributed by atoms with E-state index in [2.05, 4.69) is 26.6 Å². The van der Waals surface area contributed by atoms with Gasteiger partial charge in [0.15, 0.2) is 5.82 Å². The van der Waals surface area contributed by atoms with Crippen LogP contribution < -0.4 is 5.56 Å². The van der Waals surface area contributed by atoms with Crippen LogP contribution in [0.3, 0.4) is 0 Å². The van der Waals surface area contributed by atoms with E-state index in [1.807, 2.05) is 44.7 Å². The Morgan fingerprint density at radius 3 is 2.70 bits per heavy atom. The Balaban J connectivity index is 1.99. The van der Waals surface area contributed by atoms with Gasteiger partial charge in [-0.05, 0) is 60.4 Å². The fourth-order valence-corrected chi connectivity index (χ4v) is 4.25. The highest BCUT2D eigenvalue weighted by atomic mass is 16.5. The Kier molecular flexibility index (Phi) is 7.93. The van der Waals surface area contributed by atoms with Crippen LogP contribution in [0.25, 0.3) is 10.9 Å². The summed E-state index contributed by atoms with van der Waals surface area (Å²) in [5.41, 5.74) is 3.37. The molecule has 0 radical (unpaired) electrons. The molecule has 1 atom stereocenters. The Bertz CT molecular complexity index is 1170. The van der Waals surface area contributed by atoms with E-state index in [1.54, 1.807) is 6.92 Å². The van der Waals surface area contributed by atoms with Crippen LogP contribution >= 0.6 is 0 Å². The number of aliphatic hydroxyl groups is 1. The van der Waals surface area contributed by atoms with Gasteiger partial charge in [0.25, 0.3) is 5.56 Å². The summed E-state index contributed by atoms with van der Waals surface area (Å²) in [5, 5.41) is 22.7. The molecule has 0 saturated carbocycles. The van der Waals surface area contributed by atoms with Crippen LogP contribution in [0, 0.1) is 19.8 Å². The van der Waals surface area contributed by atoms with Gasteiger partial charge in [-0.15, -0.1) is 5.10 Å². The van der Waals surface area contributed by atoms with Gasteiger partial charge in [-0.3, -0.25) is 14.5 Å². The maximum absolute atomic E-state index is 12.9. The van der Waals surface area contributed by atoms with E-state index in [0.29, 0.717) is 17.9 Å². The summed E-state index contributed by atoms with van der Waals surface area (Å²) < 4.78 is 6.46. The molecule has 178 valence electrons. The lowest BCUT2D eigenvalue weighted by Gasteiger charge is -2.33. The number of carbonyl (C=O) groups excluding carboxylic acids is 1. The third-order valence-corrected chi connectivity index (χ3v) is 5.58. The second-order valence-corrected chi connectivity index (χ2v) is 8.55. The maximum atomic E-state index is 12.9. The average molecular weight is 457 g/mol. The molecule has 0 amide bonds. The molecule has 2 N–H and O–H groups in total. The van der Waals surface area contributed by atoms with Gasteiger partial charge in [0.05, 0.1) is 19.3 Å². The number of carbonyl (C=O) groups is 1. The number of fused-ring (bicyclic) bond motifs is 1. The van der Waals surface area contributed by atoms with Gasteiger partial charge in [-0.25, -0.2) is 4.68 Å². The molecule has 10 heteroatoms. The Hall–Kier alpha value is -3.11. The number of nitrogens with zero attached hydrogens (tertiary/aromatic N) is 5. The molecule has 0 spiro atoms. The minimum absolute atomic E-state index is 0.0346. The number of aromatic amines is 1. The quantitative estimate of drug-likeness (QED) is 0.443. The van der Waals surface area contributed by atoms with Crippen molar-refractivity contribution in [2.24, 2.45) is 5.92 Å². The lowest BCUT2D eigenvalue weighted by molar-refractivity contribution is -0.144. The number of pyridine rings is 1. The highest BCUT2D eigenvalue weighted by Gasteiger charge is 2.30. The average Bonchev–Trinajstić information content (AvgIpc) is 3.16. The highest BCUT2D eigenvalue weighted by Crippen LogP contribution is 2.28. The minimum Gasteiger partial charge on any atom is -0.465 e. The second kappa shape index (κ2) is 10.7. The summed E-state index contributed by atoms with van der Waals surface area (Å²) in [6.07, 6.45) is 0. The first-order valence-electron chi connectivity index (χ1n) is 11.1. The largest absolute Gasteiger partial charge is 0.465 e. The minimum atomic E-state index is -0.431. The third kappa shape index (κ3) is 5.63. The van der Waals surface area contributed by atoms with Crippen LogP contribution in [0.2, 0.25) is 0 Å². The predicted molar refractivity (Wildman–Crippen MR) is 124 cm³/mol. The van der Waals surface area contributed by atoms with Gasteiger partial charge in [-0.2, -0.15) is 0 Å². The number of ether oxygens (including phenoxy) is 1. The normalized spacial score (nSPS) is 12.6. The van der Waals surface area contributed by atoms with Crippen LogP contribution in [-0.2, 0) is 22.6 Å². The summed E-state index contributed by atoms with van der Waals surface area (Å²) in [4.78, 5) is 29.9. The topological polar surface area (TPSA) is 126 Å². The Morgan fingerprint density at radius 2 is 2.03 bits per heavy atom. The Labute approximate surface area is 192 Å². The van der Waals surface area contributed by atoms with Gasteiger partial charge in [0, 0.05) is 29.6 Å². The summed E-state index contributed by atoms with van der Waals surface area (Å²) in [5.74, 6) is 0.0851. The maximum Gasteiger partial charge on any atom is 0.327 e. The van der Waals surface area contributed by atoms with Crippen molar-refractivity contribution < 1.29 is 14.6 Å². The molecular formula is C23H32N6O4. The lowest BCUT2D eigenvalue weighted by atomic mass is 10.00. The summed E-state index contributed by atoms with van der Waals surface area (Å²) in [7, 11) is 0. The molecule has 1 aromatic carbocycles. The zero-order chi connectivity index (χ0) is 24.1. The van der Waals surface area contributed by atoms with Crippen LogP contribution in [0.1, 0.15) is 49.3 Å². The summed E-state index contributed by atoms with van der Waals surface area (Å²) >= 11 is 0. The number of tetrazole rings is 1. The van der Waals surface area contributed by atoms with Crippen molar-refractivity contribution in [3.8, 4) is 0 Å². The molecular weight excluding hydrogens is 424 g/mol. The van der Waals surface area contributed by atoms with Crippen LogP contribution in [0.15, 0.2) is 23.0 Å². The van der Waals surface area contributed by atoms with Crippen LogP contribution in [0.5, 0.6) is 0 Å². The van der Waals surface area contributed by atoms with Crippen molar-refractivity contribution in [2.75, 3.05) is 19.8 Å². The molecule has 2 heterocycles. The van der Waals surface area contributed by atoms with E-state index in [0.717, 1.165) is 22.0 Å². The standard InChI is InChI=1S/C23H32N6O4/c1-6-33-20(31)13-29-22(25-26-27-29)21(14(2)3)28(7-8-30)12-17-11-18-16(5)9-15(4)10-19(18)24-23(17)32/h9-11,14,21,30H,6-8,12-13H2,1-5H3,(H,24,32)/t21-/m1/s1. The van der Waals surface area contributed by atoms with Crippen molar-refractivity contribution in [3.05, 3.63) is 51.1 Å². The number of hydrogen-bond donors (Lipinski definition) is 2. The number of esters is 1. The van der Waals surface area contributed by atoms with Crippen molar-refractivity contribution >= 4 is 16.9 Å². The number of benzene rings is 1. The molecule has 10 nitrogen and oxygen atoms in total. The molecule has 0 fully saturated rings. The van der Waals surface area contributed by atoms with Gasteiger partial charge < -0.3 is 14.8 Å². The first-order chi connectivity index (χ1) is 15.7. The number of aromatic nitrogens is 5. The first-order valence-corrected chi connectivity index (χ1v) is 11.1. The van der Waals surface area contributed by atoms with Crippen LogP contribution in [-0.4, -0.2) is 60.9 Å². The first kappa shape index (κ1) is 24.5. The van der Waals surface area contributed by atoms with Crippen molar-refractivity contribution in [2.45, 2.75) is 53.8 Å². The number of rotatable bonds is 10. The molecule has 0 saturated heterocycles. The van der Waals surface area contributed by atoms with Crippen molar-refractivity contribution in [1.29, 1.82) is 0 Å². The number of hydrogen-bond acceptors (Lipinski definition) is 8. The zero-order valence-electron chi connectivity index (χ0n) is 19.8. The van der Waals surface area contributed by atoms with E-state index in [-0.39, 0.29) is 43.8 Å².